The Balaban J connectivity index is 2.19. The highest BCUT2D eigenvalue weighted by atomic mass is 19.1. The van der Waals surface area contributed by atoms with Gasteiger partial charge in [-0.05, 0) is 24.3 Å². The van der Waals surface area contributed by atoms with Crippen molar-refractivity contribution in [3.63, 3.8) is 0 Å². The highest BCUT2D eigenvalue weighted by Crippen LogP contribution is 2.24. The minimum Gasteiger partial charge on any atom is -0.487 e. The van der Waals surface area contributed by atoms with Gasteiger partial charge in [0.25, 0.3) is 0 Å². The zero-order valence-electron chi connectivity index (χ0n) is 9.64. The monoisotopic (exact) mass is 252 g/mol. The topological polar surface area (TPSA) is 55.8 Å². The van der Waals surface area contributed by atoms with Gasteiger partial charge < -0.3 is 14.6 Å². The number of rotatable bonds is 4. The molecule has 1 atom stereocenters. The van der Waals surface area contributed by atoms with Crippen LogP contribution in [0.4, 0.5) is 4.39 Å². The van der Waals surface area contributed by atoms with Gasteiger partial charge in [-0.2, -0.15) is 0 Å². The molecule has 4 nitrogen and oxygen atoms in total. The molecule has 1 aromatic carbocycles. The number of hydrogen-bond donors (Lipinski definition) is 1. The van der Waals surface area contributed by atoms with Crippen LogP contribution in [-0.2, 0) is 9.53 Å². The fourth-order valence-electron chi connectivity index (χ4n) is 1.70. The van der Waals surface area contributed by atoms with Crippen LogP contribution in [0.2, 0.25) is 0 Å². The van der Waals surface area contributed by atoms with Crippen LogP contribution in [0.3, 0.4) is 0 Å². The van der Waals surface area contributed by atoms with Gasteiger partial charge in [0.05, 0.1) is 13.2 Å². The summed E-state index contributed by atoms with van der Waals surface area (Å²) in [5, 5.41) is 8.58. The Kier molecular flexibility index (Phi) is 3.94. The minimum atomic E-state index is -1.09. The van der Waals surface area contributed by atoms with Crippen molar-refractivity contribution in [2.75, 3.05) is 13.2 Å². The summed E-state index contributed by atoms with van der Waals surface area (Å²) in [5.41, 5.74) is 0.407. The third-order valence-corrected chi connectivity index (χ3v) is 2.56. The maximum absolute atomic E-state index is 13.1. The van der Waals surface area contributed by atoms with Crippen molar-refractivity contribution >= 4 is 12.0 Å². The Morgan fingerprint density at radius 2 is 2.39 bits per heavy atom. The van der Waals surface area contributed by atoms with E-state index < -0.39 is 11.8 Å². The summed E-state index contributed by atoms with van der Waals surface area (Å²) in [5.74, 6) is -1.06. The number of hydrogen-bond acceptors (Lipinski definition) is 3. The van der Waals surface area contributed by atoms with Crippen molar-refractivity contribution in [2.45, 2.75) is 12.5 Å². The lowest BCUT2D eigenvalue weighted by Gasteiger charge is -2.14. The molecular weight excluding hydrogens is 239 g/mol. The molecule has 0 spiro atoms. The predicted molar refractivity (Wildman–Crippen MR) is 62.9 cm³/mol. The molecular formula is C13H13FO4. The van der Waals surface area contributed by atoms with E-state index in [0.29, 0.717) is 24.5 Å². The number of carboxylic acids is 1. The largest absolute Gasteiger partial charge is 0.487 e. The standard InChI is InChI=1S/C13H13FO4/c14-10-2-3-12(18-11-5-6-17-8-11)9(7-10)1-4-13(15)16/h1-4,7,11H,5-6,8H2,(H,15,16)/b4-1+. The molecule has 1 saturated heterocycles. The van der Waals surface area contributed by atoms with Crippen LogP contribution in [-0.4, -0.2) is 30.4 Å². The molecule has 5 heteroatoms. The van der Waals surface area contributed by atoms with Gasteiger partial charge >= 0.3 is 5.97 Å². The fraction of sp³-hybridized carbons (Fsp3) is 0.308. The van der Waals surface area contributed by atoms with Gasteiger partial charge in [-0.15, -0.1) is 0 Å². The van der Waals surface area contributed by atoms with Gasteiger partial charge in [-0.25, -0.2) is 9.18 Å². The number of carbonyl (C=O) groups is 1. The molecule has 96 valence electrons. The number of aliphatic carboxylic acids is 1. The van der Waals surface area contributed by atoms with Gasteiger partial charge in [0.2, 0.25) is 0 Å². The predicted octanol–water partition coefficient (Wildman–Crippen LogP) is 2.09. The Labute approximate surface area is 104 Å². The normalized spacial score (nSPS) is 19.3. The van der Waals surface area contributed by atoms with Crippen LogP contribution < -0.4 is 4.74 Å². The lowest BCUT2D eigenvalue weighted by Crippen LogP contribution is -2.16. The lowest BCUT2D eigenvalue weighted by molar-refractivity contribution is -0.131. The third-order valence-electron chi connectivity index (χ3n) is 2.56. The number of ether oxygens (including phenoxy) is 2. The SMILES string of the molecule is O=C(O)/C=C/c1cc(F)ccc1OC1CCOC1. The summed E-state index contributed by atoms with van der Waals surface area (Å²) in [6, 6.07) is 4.02. The molecule has 0 saturated carbocycles. The van der Waals surface area contributed by atoms with Crippen molar-refractivity contribution in [3.8, 4) is 5.75 Å². The van der Waals surface area contributed by atoms with Gasteiger partial charge in [-0.1, -0.05) is 0 Å². The maximum atomic E-state index is 13.1. The van der Waals surface area contributed by atoms with Gasteiger partial charge in [0.15, 0.2) is 0 Å². The van der Waals surface area contributed by atoms with Crippen LogP contribution in [0, 0.1) is 5.82 Å². The number of halogens is 1. The molecule has 0 aromatic heterocycles. The molecule has 1 fully saturated rings. The van der Waals surface area contributed by atoms with Crippen LogP contribution >= 0.6 is 0 Å². The summed E-state index contributed by atoms with van der Waals surface area (Å²) in [7, 11) is 0. The van der Waals surface area contributed by atoms with E-state index in [9.17, 15) is 9.18 Å². The zero-order valence-corrected chi connectivity index (χ0v) is 9.64. The van der Waals surface area contributed by atoms with Crippen LogP contribution in [0.15, 0.2) is 24.3 Å². The molecule has 1 unspecified atom stereocenters. The van der Waals surface area contributed by atoms with Crippen molar-refractivity contribution in [1.29, 1.82) is 0 Å². The molecule has 0 aliphatic carbocycles. The van der Waals surface area contributed by atoms with Crippen LogP contribution in [0.1, 0.15) is 12.0 Å². The van der Waals surface area contributed by atoms with E-state index in [1.54, 1.807) is 0 Å². The first-order valence-corrected chi connectivity index (χ1v) is 5.60. The number of benzene rings is 1. The Morgan fingerprint density at radius 1 is 1.56 bits per heavy atom. The average Bonchev–Trinajstić information content (AvgIpc) is 2.82. The summed E-state index contributed by atoms with van der Waals surface area (Å²) in [6.45, 7) is 1.14. The van der Waals surface area contributed by atoms with Crippen molar-refractivity contribution in [1.82, 2.24) is 0 Å². The minimum absolute atomic E-state index is 0.0626. The van der Waals surface area contributed by atoms with E-state index in [-0.39, 0.29) is 6.10 Å². The maximum Gasteiger partial charge on any atom is 0.328 e. The van der Waals surface area contributed by atoms with Gasteiger partial charge in [-0.3, -0.25) is 0 Å². The summed E-state index contributed by atoms with van der Waals surface area (Å²) in [4.78, 5) is 10.5. The average molecular weight is 252 g/mol. The molecule has 1 aliphatic heterocycles. The molecule has 18 heavy (non-hydrogen) atoms. The molecule has 1 aromatic rings. The van der Waals surface area contributed by atoms with E-state index in [1.165, 1.54) is 24.3 Å². The Bertz CT molecular complexity index is 464. The second kappa shape index (κ2) is 5.64. The summed E-state index contributed by atoms with van der Waals surface area (Å²) in [6.07, 6.45) is 2.98. The van der Waals surface area contributed by atoms with E-state index in [4.69, 9.17) is 14.6 Å². The third kappa shape index (κ3) is 3.30. The smallest absolute Gasteiger partial charge is 0.328 e. The zero-order chi connectivity index (χ0) is 13.0. The first-order chi connectivity index (χ1) is 8.65. The van der Waals surface area contributed by atoms with E-state index >= 15 is 0 Å². The molecule has 0 bridgehead atoms. The second-order valence-corrected chi connectivity index (χ2v) is 3.96. The van der Waals surface area contributed by atoms with Crippen molar-refractivity contribution in [2.24, 2.45) is 0 Å². The van der Waals surface area contributed by atoms with E-state index in [2.05, 4.69) is 0 Å². The Morgan fingerprint density at radius 3 is 3.06 bits per heavy atom. The highest BCUT2D eigenvalue weighted by molar-refractivity contribution is 5.85. The number of carboxylic acid groups (broad SMARTS) is 1. The molecule has 1 heterocycles. The highest BCUT2D eigenvalue weighted by Gasteiger charge is 2.18. The lowest BCUT2D eigenvalue weighted by atomic mass is 10.1. The van der Waals surface area contributed by atoms with Crippen molar-refractivity contribution in [3.05, 3.63) is 35.7 Å². The van der Waals surface area contributed by atoms with Gasteiger partial charge in [0, 0.05) is 18.1 Å². The molecule has 1 N–H and O–H groups in total. The summed E-state index contributed by atoms with van der Waals surface area (Å²) < 4.78 is 24.0. The quantitative estimate of drug-likeness (QED) is 0.834. The molecule has 1 aliphatic rings. The van der Waals surface area contributed by atoms with Gasteiger partial charge in [0.1, 0.15) is 17.7 Å². The fourth-order valence-corrected chi connectivity index (χ4v) is 1.70. The van der Waals surface area contributed by atoms with E-state index in [1.807, 2.05) is 0 Å². The summed E-state index contributed by atoms with van der Waals surface area (Å²) >= 11 is 0. The van der Waals surface area contributed by atoms with E-state index in [0.717, 1.165) is 12.5 Å². The first kappa shape index (κ1) is 12.6. The molecule has 0 amide bonds. The van der Waals surface area contributed by atoms with Crippen LogP contribution in [0.5, 0.6) is 5.75 Å². The first-order valence-electron chi connectivity index (χ1n) is 5.60. The molecule has 0 radical (unpaired) electrons. The second-order valence-electron chi connectivity index (χ2n) is 3.96. The Hall–Kier alpha value is -1.88. The van der Waals surface area contributed by atoms with Crippen molar-refractivity contribution < 1.29 is 23.8 Å². The van der Waals surface area contributed by atoms with Crippen LogP contribution in [0.25, 0.3) is 6.08 Å². The molecule has 2 rings (SSSR count).